The molecule has 7 nitrogen and oxygen atoms in total. The summed E-state index contributed by atoms with van der Waals surface area (Å²) in [4.78, 5) is 12.0. The highest BCUT2D eigenvalue weighted by atomic mass is 16.3. The first-order valence-corrected chi connectivity index (χ1v) is 7.06. The number of aliphatic hydroxyl groups excluding tert-OH is 1. The van der Waals surface area contributed by atoms with E-state index in [1.165, 1.54) is 0 Å². The standard InChI is InChI=1S/C14H23N5O2/c1-9(2)12(5-6-20)16-14(21)17-13-11(7-15)8-19(18-13)10(3)4/h8-10,12,20H,5-6H2,1-4H3,(H2,16,17,18,21). The Labute approximate surface area is 125 Å². The molecule has 0 aliphatic carbocycles. The summed E-state index contributed by atoms with van der Waals surface area (Å²) >= 11 is 0. The number of rotatable bonds is 6. The van der Waals surface area contributed by atoms with Crippen LogP contribution in [0.25, 0.3) is 0 Å². The minimum absolute atomic E-state index is 0.00848. The minimum atomic E-state index is -0.423. The van der Waals surface area contributed by atoms with Crippen molar-refractivity contribution in [1.29, 1.82) is 5.26 Å². The second-order valence-corrected chi connectivity index (χ2v) is 5.54. The summed E-state index contributed by atoms with van der Waals surface area (Å²) in [6.45, 7) is 7.82. The van der Waals surface area contributed by atoms with E-state index in [9.17, 15) is 4.79 Å². The molecule has 0 saturated carbocycles. The summed E-state index contributed by atoms with van der Waals surface area (Å²) in [5, 5.41) is 27.6. The fraction of sp³-hybridized carbons (Fsp3) is 0.643. The minimum Gasteiger partial charge on any atom is -0.396 e. The molecule has 2 amide bonds. The smallest absolute Gasteiger partial charge is 0.320 e. The molecule has 0 radical (unpaired) electrons. The second kappa shape index (κ2) is 7.64. The molecule has 116 valence electrons. The number of amides is 2. The van der Waals surface area contributed by atoms with E-state index < -0.39 is 6.03 Å². The lowest BCUT2D eigenvalue weighted by Gasteiger charge is -2.21. The Morgan fingerprint density at radius 2 is 2.14 bits per heavy atom. The average molecular weight is 293 g/mol. The highest BCUT2D eigenvalue weighted by Gasteiger charge is 2.18. The maximum Gasteiger partial charge on any atom is 0.320 e. The van der Waals surface area contributed by atoms with Gasteiger partial charge in [-0.25, -0.2) is 4.79 Å². The van der Waals surface area contributed by atoms with E-state index in [0.717, 1.165) is 0 Å². The van der Waals surface area contributed by atoms with Gasteiger partial charge < -0.3 is 10.4 Å². The van der Waals surface area contributed by atoms with E-state index in [0.29, 0.717) is 12.0 Å². The topological polar surface area (TPSA) is 103 Å². The Kier molecular flexibility index (Phi) is 6.18. The van der Waals surface area contributed by atoms with Crippen LogP contribution in [0.3, 0.4) is 0 Å². The Balaban J connectivity index is 2.76. The number of carbonyl (C=O) groups is 1. The summed E-state index contributed by atoms with van der Waals surface area (Å²) in [7, 11) is 0. The SMILES string of the molecule is CC(C)C(CCO)NC(=O)Nc1nn(C(C)C)cc1C#N. The predicted octanol–water partition coefficient (Wildman–Crippen LogP) is 1.86. The first-order valence-electron chi connectivity index (χ1n) is 7.06. The number of anilines is 1. The third-order valence-electron chi connectivity index (χ3n) is 3.17. The highest BCUT2D eigenvalue weighted by molar-refractivity contribution is 5.89. The summed E-state index contributed by atoms with van der Waals surface area (Å²) < 4.78 is 1.63. The van der Waals surface area contributed by atoms with Crippen LogP contribution in [0.2, 0.25) is 0 Å². The van der Waals surface area contributed by atoms with Gasteiger partial charge in [0.15, 0.2) is 5.82 Å². The molecule has 1 aromatic heterocycles. The van der Waals surface area contributed by atoms with Crippen LogP contribution in [-0.4, -0.2) is 33.6 Å². The molecule has 1 heterocycles. The van der Waals surface area contributed by atoms with Gasteiger partial charge in [0.05, 0.1) is 0 Å². The van der Waals surface area contributed by atoms with Gasteiger partial charge in [0, 0.05) is 24.9 Å². The van der Waals surface area contributed by atoms with Crippen molar-refractivity contribution in [1.82, 2.24) is 15.1 Å². The molecule has 3 N–H and O–H groups in total. The Morgan fingerprint density at radius 3 is 2.62 bits per heavy atom. The van der Waals surface area contributed by atoms with E-state index in [4.69, 9.17) is 10.4 Å². The lowest BCUT2D eigenvalue weighted by Crippen LogP contribution is -2.41. The molecule has 0 spiro atoms. The molecule has 0 bridgehead atoms. The van der Waals surface area contributed by atoms with Gasteiger partial charge >= 0.3 is 6.03 Å². The predicted molar refractivity (Wildman–Crippen MR) is 79.8 cm³/mol. The molecule has 1 unspecified atom stereocenters. The van der Waals surface area contributed by atoms with Gasteiger partial charge in [-0.15, -0.1) is 0 Å². The second-order valence-electron chi connectivity index (χ2n) is 5.54. The molecule has 0 aromatic carbocycles. The van der Waals surface area contributed by atoms with Gasteiger partial charge in [-0.1, -0.05) is 13.8 Å². The van der Waals surface area contributed by atoms with E-state index >= 15 is 0 Å². The zero-order valence-electron chi connectivity index (χ0n) is 12.9. The van der Waals surface area contributed by atoms with E-state index in [1.54, 1.807) is 10.9 Å². The zero-order valence-corrected chi connectivity index (χ0v) is 12.9. The number of nitriles is 1. The number of aromatic nitrogens is 2. The number of hydrogen-bond acceptors (Lipinski definition) is 4. The van der Waals surface area contributed by atoms with Crippen molar-refractivity contribution >= 4 is 11.8 Å². The van der Waals surface area contributed by atoms with Crippen LogP contribution in [0.1, 0.15) is 45.7 Å². The van der Waals surface area contributed by atoms with Gasteiger partial charge in [-0.2, -0.15) is 10.4 Å². The van der Waals surface area contributed by atoms with Gasteiger partial charge in [0.1, 0.15) is 11.6 Å². The molecule has 0 aliphatic heterocycles. The van der Waals surface area contributed by atoms with Crippen molar-refractivity contribution in [3.05, 3.63) is 11.8 Å². The number of nitrogens with zero attached hydrogens (tertiary/aromatic N) is 3. The fourth-order valence-electron chi connectivity index (χ4n) is 1.85. The number of hydrogen-bond donors (Lipinski definition) is 3. The van der Waals surface area contributed by atoms with Crippen molar-refractivity contribution in [2.45, 2.75) is 46.2 Å². The summed E-state index contributed by atoms with van der Waals surface area (Å²) in [6.07, 6.45) is 2.09. The molecule has 7 heteroatoms. The molecule has 1 atom stereocenters. The van der Waals surface area contributed by atoms with Crippen molar-refractivity contribution in [2.75, 3.05) is 11.9 Å². The number of urea groups is 1. The van der Waals surface area contributed by atoms with Gasteiger partial charge in [0.25, 0.3) is 0 Å². The van der Waals surface area contributed by atoms with Crippen LogP contribution in [0.5, 0.6) is 0 Å². The summed E-state index contributed by atoms with van der Waals surface area (Å²) in [5.41, 5.74) is 0.321. The lowest BCUT2D eigenvalue weighted by molar-refractivity contribution is 0.227. The Morgan fingerprint density at radius 1 is 1.48 bits per heavy atom. The fourth-order valence-corrected chi connectivity index (χ4v) is 1.85. The van der Waals surface area contributed by atoms with Crippen LogP contribution < -0.4 is 10.6 Å². The molecule has 1 aromatic rings. The quantitative estimate of drug-likeness (QED) is 0.744. The van der Waals surface area contributed by atoms with Gasteiger partial charge in [0.2, 0.25) is 0 Å². The average Bonchev–Trinajstić information content (AvgIpc) is 2.81. The van der Waals surface area contributed by atoms with Gasteiger partial charge in [-0.3, -0.25) is 10.00 Å². The molecule has 0 fully saturated rings. The van der Waals surface area contributed by atoms with Crippen LogP contribution in [-0.2, 0) is 0 Å². The molecular formula is C14H23N5O2. The monoisotopic (exact) mass is 293 g/mol. The van der Waals surface area contributed by atoms with Crippen LogP contribution in [0.4, 0.5) is 10.6 Å². The largest absolute Gasteiger partial charge is 0.396 e. The van der Waals surface area contributed by atoms with Crippen molar-refractivity contribution in [3.8, 4) is 6.07 Å². The van der Waals surface area contributed by atoms with Crippen LogP contribution in [0.15, 0.2) is 6.20 Å². The normalized spacial score (nSPS) is 12.3. The number of nitrogens with one attached hydrogen (secondary N) is 2. The summed E-state index contributed by atoms with van der Waals surface area (Å²) in [6, 6.07) is 1.56. The molecule has 0 saturated heterocycles. The van der Waals surface area contributed by atoms with Gasteiger partial charge in [-0.05, 0) is 26.2 Å². The molecular weight excluding hydrogens is 270 g/mol. The van der Waals surface area contributed by atoms with E-state index in [1.807, 2.05) is 33.8 Å². The maximum atomic E-state index is 12.0. The molecule has 1 rings (SSSR count). The van der Waals surface area contributed by atoms with E-state index in [-0.39, 0.29) is 30.4 Å². The Bertz CT molecular complexity index is 516. The first kappa shape index (κ1) is 17.0. The molecule has 0 aliphatic rings. The lowest BCUT2D eigenvalue weighted by atomic mass is 10.0. The highest BCUT2D eigenvalue weighted by Crippen LogP contribution is 2.15. The van der Waals surface area contributed by atoms with Crippen molar-refractivity contribution < 1.29 is 9.90 Å². The molecule has 21 heavy (non-hydrogen) atoms. The number of carbonyl (C=O) groups excluding carboxylic acids is 1. The summed E-state index contributed by atoms with van der Waals surface area (Å²) in [5.74, 6) is 0.446. The van der Waals surface area contributed by atoms with Crippen molar-refractivity contribution in [3.63, 3.8) is 0 Å². The van der Waals surface area contributed by atoms with Crippen LogP contribution in [0, 0.1) is 17.2 Å². The van der Waals surface area contributed by atoms with E-state index in [2.05, 4.69) is 15.7 Å². The first-order chi connectivity index (χ1) is 9.88. The Hall–Kier alpha value is -2.07. The van der Waals surface area contributed by atoms with Crippen molar-refractivity contribution in [2.24, 2.45) is 5.92 Å². The third-order valence-corrected chi connectivity index (χ3v) is 3.17. The number of aliphatic hydroxyl groups is 1. The van der Waals surface area contributed by atoms with Crippen LogP contribution >= 0.6 is 0 Å². The third kappa shape index (κ3) is 4.76. The zero-order chi connectivity index (χ0) is 16.0. The maximum absolute atomic E-state index is 12.0.